The molecule has 37 heavy (non-hydrogen) atoms. The first-order valence-corrected chi connectivity index (χ1v) is 12.6. The maximum absolute atomic E-state index is 13.9. The van der Waals surface area contributed by atoms with Crippen molar-refractivity contribution in [1.29, 1.82) is 0 Å². The van der Waals surface area contributed by atoms with E-state index in [0.717, 1.165) is 29.5 Å². The van der Waals surface area contributed by atoms with Gasteiger partial charge in [0.25, 0.3) is 0 Å². The Morgan fingerprint density at radius 1 is 0.946 bits per heavy atom. The van der Waals surface area contributed by atoms with E-state index in [0.29, 0.717) is 31.2 Å². The number of rotatable bonds is 11. The van der Waals surface area contributed by atoms with Crippen molar-refractivity contribution in [1.82, 2.24) is 10.2 Å². The van der Waals surface area contributed by atoms with Crippen molar-refractivity contribution < 1.29 is 23.8 Å². The number of nitrogens with one attached hydrogen (secondary N) is 1. The molecule has 1 aliphatic heterocycles. The summed E-state index contributed by atoms with van der Waals surface area (Å²) in [5.41, 5.74) is 2.47. The number of ether oxygens (including phenoxy) is 3. The van der Waals surface area contributed by atoms with Crippen LogP contribution in [-0.4, -0.2) is 50.2 Å². The van der Waals surface area contributed by atoms with Crippen LogP contribution >= 0.6 is 0 Å². The van der Waals surface area contributed by atoms with Gasteiger partial charge in [-0.25, -0.2) is 0 Å². The Morgan fingerprint density at radius 2 is 1.65 bits per heavy atom. The van der Waals surface area contributed by atoms with Crippen molar-refractivity contribution in [2.75, 3.05) is 27.4 Å². The number of hydrogen-bond donors (Lipinski definition) is 1. The molecule has 1 saturated heterocycles. The highest BCUT2D eigenvalue weighted by Crippen LogP contribution is 2.29. The smallest absolute Gasteiger partial charge is 0.247 e. The third-order valence-electron chi connectivity index (χ3n) is 6.52. The van der Waals surface area contributed by atoms with E-state index < -0.39 is 6.04 Å². The monoisotopic (exact) mass is 502 g/mol. The van der Waals surface area contributed by atoms with Crippen LogP contribution in [0.2, 0.25) is 0 Å². The van der Waals surface area contributed by atoms with Gasteiger partial charge in [0.05, 0.1) is 26.7 Å². The van der Waals surface area contributed by atoms with Crippen LogP contribution in [0.15, 0.2) is 78.9 Å². The fourth-order valence-electron chi connectivity index (χ4n) is 4.59. The number of methoxy groups -OCH3 is 2. The summed E-state index contributed by atoms with van der Waals surface area (Å²) in [6.45, 7) is 1.43. The van der Waals surface area contributed by atoms with Gasteiger partial charge in [0.15, 0.2) is 11.5 Å². The van der Waals surface area contributed by atoms with Crippen LogP contribution in [0.3, 0.4) is 0 Å². The van der Waals surface area contributed by atoms with Crippen molar-refractivity contribution >= 4 is 11.8 Å². The Bertz CT molecular complexity index is 1160. The molecule has 1 heterocycles. The second kappa shape index (κ2) is 12.9. The van der Waals surface area contributed by atoms with E-state index in [1.54, 1.807) is 31.3 Å². The molecule has 0 aromatic heterocycles. The van der Waals surface area contributed by atoms with E-state index in [1.807, 2.05) is 66.7 Å². The fourth-order valence-corrected chi connectivity index (χ4v) is 4.59. The molecule has 3 aromatic carbocycles. The van der Waals surface area contributed by atoms with Gasteiger partial charge >= 0.3 is 0 Å². The molecular weight excluding hydrogens is 468 g/mol. The lowest BCUT2D eigenvalue weighted by Crippen LogP contribution is -2.45. The number of amides is 2. The first-order valence-electron chi connectivity index (χ1n) is 12.6. The van der Waals surface area contributed by atoms with Gasteiger partial charge in [0.2, 0.25) is 11.8 Å². The summed E-state index contributed by atoms with van der Waals surface area (Å²) in [7, 11) is 3.14. The summed E-state index contributed by atoms with van der Waals surface area (Å²) in [5.74, 6) is 0.752. The molecule has 3 aromatic rings. The predicted molar refractivity (Wildman–Crippen MR) is 141 cm³/mol. The zero-order chi connectivity index (χ0) is 26.0. The number of benzene rings is 3. The number of carbonyl (C=O) groups excluding carboxylic acids is 2. The summed E-state index contributed by atoms with van der Waals surface area (Å²) < 4.78 is 16.5. The van der Waals surface area contributed by atoms with Gasteiger partial charge in [-0.15, -0.1) is 0 Å². The fraction of sp³-hybridized carbons (Fsp3) is 0.333. The van der Waals surface area contributed by atoms with Crippen LogP contribution in [-0.2, 0) is 27.3 Å². The van der Waals surface area contributed by atoms with Gasteiger partial charge in [-0.05, 0) is 41.7 Å². The molecule has 1 aliphatic rings. The highest BCUT2D eigenvalue weighted by Gasteiger charge is 2.32. The second-order valence-corrected chi connectivity index (χ2v) is 9.07. The third kappa shape index (κ3) is 6.89. The van der Waals surface area contributed by atoms with E-state index in [4.69, 9.17) is 14.2 Å². The Labute approximate surface area is 218 Å². The van der Waals surface area contributed by atoms with Gasteiger partial charge in [-0.2, -0.15) is 0 Å². The SMILES string of the molecule is COc1ccc(CC(=O)N(Cc2ccccc2)[C@H](C(=O)NC[C@@H]2CCCO2)c2ccccc2)cc1OC. The van der Waals surface area contributed by atoms with Gasteiger partial charge < -0.3 is 24.4 Å². The first kappa shape index (κ1) is 26.2. The molecule has 1 N–H and O–H groups in total. The molecule has 0 saturated carbocycles. The van der Waals surface area contributed by atoms with E-state index in [9.17, 15) is 9.59 Å². The molecule has 0 spiro atoms. The molecule has 194 valence electrons. The third-order valence-corrected chi connectivity index (χ3v) is 6.52. The first-order chi connectivity index (χ1) is 18.1. The Morgan fingerprint density at radius 3 is 2.30 bits per heavy atom. The minimum atomic E-state index is -0.796. The summed E-state index contributed by atoms with van der Waals surface area (Å²) in [6, 6.07) is 23.8. The molecule has 7 nitrogen and oxygen atoms in total. The molecule has 2 atom stereocenters. The molecule has 0 aliphatic carbocycles. The van der Waals surface area contributed by atoms with Gasteiger partial charge in [-0.1, -0.05) is 66.7 Å². The molecule has 0 bridgehead atoms. The number of nitrogens with zero attached hydrogens (tertiary/aromatic N) is 1. The van der Waals surface area contributed by atoms with Crippen LogP contribution in [0.4, 0.5) is 0 Å². The molecule has 7 heteroatoms. The van der Waals surface area contributed by atoms with Crippen LogP contribution in [0.1, 0.15) is 35.6 Å². The van der Waals surface area contributed by atoms with Crippen molar-refractivity contribution in [3.05, 3.63) is 95.6 Å². The van der Waals surface area contributed by atoms with Crippen LogP contribution in [0, 0.1) is 0 Å². The minimum Gasteiger partial charge on any atom is -0.493 e. The predicted octanol–water partition coefficient (Wildman–Crippen LogP) is 4.31. The quantitative estimate of drug-likeness (QED) is 0.423. The summed E-state index contributed by atoms with van der Waals surface area (Å²) in [6.07, 6.45) is 2.02. The van der Waals surface area contributed by atoms with Crippen molar-refractivity contribution in [3.8, 4) is 11.5 Å². The Kier molecular flexibility index (Phi) is 9.16. The average molecular weight is 503 g/mol. The highest BCUT2D eigenvalue weighted by molar-refractivity contribution is 5.89. The standard InChI is InChI=1S/C30H34N2O5/c1-35-26-16-15-23(18-27(26)36-2)19-28(33)32(21-22-10-5-3-6-11-22)29(24-12-7-4-8-13-24)30(34)31-20-25-14-9-17-37-25/h3-8,10-13,15-16,18,25,29H,9,14,17,19-21H2,1-2H3,(H,31,34)/t25-,29-/m0/s1. The second-order valence-electron chi connectivity index (χ2n) is 9.07. The summed E-state index contributed by atoms with van der Waals surface area (Å²) >= 11 is 0. The van der Waals surface area contributed by atoms with E-state index in [1.165, 1.54) is 0 Å². The maximum atomic E-state index is 13.9. The lowest BCUT2D eigenvalue weighted by atomic mass is 10.0. The zero-order valence-electron chi connectivity index (χ0n) is 21.4. The molecule has 0 unspecified atom stereocenters. The topological polar surface area (TPSA) is 77.1 Å². The van der Waals surface area contributed by atoms with Gasteiger partial charge in [-0.3, -0.25) is 9.59 Å². The van der Waals surface area contributed by atoms with E-state index in [2.05, 4.69) is 5.32 Å². The van der Waals surface area contributed by atoms with Crippen LogP contribution in [0.25, 0.3) is 0 Å². The molecule has 1 fully saturated rings. The van der Waals surface area contributed by atoms with Crippen LogP contribution in [0.5, 0.6) is 11.5 Å². The zero-order valence-corrected chi connectivity index (χ0v) is 21.4. The van der Waals surface area contributed by atoms with Crippen molar-refractivity contribution in [3.63, 3.8) is 0 Å². The minimum absolute atomic E-state index is 0.00501. The van der Waals surface area contributed by atoms with Gasteiger partial charge in [0.1, 0.15) is 6.04 Å². The van der Waals surface area contributed by atoms with Crippen molar-refractivity contribution in [2.45, 2.75) is 38.0 Å². The number of carbonyl (C=O) groups is 2. The van der Waals surface area contributed by atoms with Crippen LogP contribution < -0.4 is 14.8 Å². The largest absolute Gasteiger partial charge is 0.493 e. The lowest BCUT2D eigenvalue weighted by molar-refractivity contribution is -0.141. The Hall–Kier alpha value is -3.84. The molecule has 4 rings (SSSR count). The Balaban J connectivity index is 1.65. The van der Waals surface area contributed by atoms with Crippen molar-refractivity contribution in [2.24, 2.45) is 0 Å². The van der Waals surface area contributed by atoms with Gasteiger partial charge in [0, 0.05) is 19.7 Å². The number of hydrogen-bond acceptors (Lipinski definition) is 5. The highest BCUT2D eigenvalue weighted by atomic mass is 16.5. The lowest BCUT2D eigenvalue weighted by Gasteiger charge is -2.32. The molecule has 0 radical (unpaired) electrons. The average Bonchev–Trinajstić information content (AvgIpc) is 3.46. The normalized spacial score (nSPS) is 15.6. The summed E-state index contributed by atoms with van der Waals surface area (Å²) in [5, 5.41) is 3.05. The summed E-state index contributed by atoms with van der Waals surface area (Å²) in [4.78, 5) is 29.2. The van der Waals surface area contributed by atoms with E-state index in [-0.39, 0.29) is 24.3 Å². The maximum Gasteiger partial charge on any atom is 0.247 e. The molecular formula is C30H34N2O5. The van der Waals surface area contributed by atoms with E-state index >= 15 is 0 Å². The molecule has 2 amide bonds.